The molecule has 24 heavy (non-hydrogen) atoms. The summed E-state index contributed by atoms with van der Waals surface area (Å²) in [7, 11) is 1.34. The number of carbonyl (C=O) groups is 2. The lowest BCUT2D eigenvalue weighted by Gasteiger charge is -2.11. The maximum Gasteiger partial charge on any atom is 0.305 e. The zero-order chi connectivity index (χ0) is 17.8. The first kappa shape index (κ1) is 20.2. The molecule has 0 aliphatic rings. The van der Waals surface area contributed by atoms with E-state index in [1.807, 2.05) is 0 Å². The first-order chi connectivity index (χ1) is 11.5. The van der Waals surface area contributed by atoms with Gasteiger partial charge in [-0.3, -0.25) is 20.4 Å². The summed E-state index contributed by atoms with van der Waals surface area (Å²) in [5.41, 5.74) is 5.07. The average molecular weight is 373 g/mol. The third-order valence-electron chi connectivity index (χ3n) is 2.80. The van der Waals surface area contributed by atoms with Crippen LogP contribution < -0.4 is 16.2 Å². The Labute approximate surface area is 149 Å². The maximum absolute atomic E-state index is 12.8. The molecule has 0 bridgehead atoms. The van der Waals surface area contributed by atoms with Gasteiger partial charge in [-0.05, 0) is 42.9 Å². The number of hydrogen-bond acceptors (Lipinski definition) is 5. The molecular formula is C15H20FN3O3S2. The van der Waals surface area contributed by atoms with E-state index in [2.05, 4.69) is 20.9 Å². The standard InChI is InChI=1S/C15H20FN3O3S2/c1-22-14(21)3-2-9-17-15(23)19-18-13(20)8-10-24-12-6-4-11(16)5-7-12/h4-7H,2-3,8-10H2,1H3,(H,18,20)(H2,17,19,23). The molecule has 1 rings (SSSR count). The van der Waals surface area contributed by atoms with Crippen LogP contribution >= 0.6 is 24.0 Å². The molecule has 0 atom stereocenters. The first-order valence-electron chi connectivity index (χ1n) is 7.29. The quantitative estimate of drug-likeness (QED) is 0.211. The van der Waals surface area contributed by atoms with Crippen molar-refractivity contribution in [3.63, 3.8) is 0 Å². The topological polar surface area (TPSA) is 79.5 Å². The van der Waals surface area contributed by atoms with Crippen LogP contribution in [0.15, 0.2) is 29.2 Å². The molecule has 6 nitrogen and oxygen atoms in total. The SMILES string of the molecule is COC(=O)CCCNC(=S)NNC(=O)CCSc1ccc(F)cc1. The van der Waals surface area contributed by atoms with Crippen LogP contribution in [0.1, 0.15) is 19.3 Å². The van der Waals surface area contributed by atoms with E-state index >= 15 is 0 Å². The molecule has 0 aliphatic carbocycles. The van der Waals surface area contributed by atoms with Gasteiger partial charge >= 0.3 is 5.97 Å². The minimum atomic E-state index is -0.283. The maximum atomic E-state index is 12.8. The lowest BCUT2D eigenvalue weighted by Crippen LogP contribution is -2.47. The number of hydrazine groups is 1. The van der Waals surface area contributed by atoms with Crippen molar-refractivity contribution in [2.75, 3.05) is 19.4 Å². The number of benzene rings is 1. The van der Waals surface area contributed by atoms with Gasteiger partial charge in [0.15, 0.2) is 5.11 Å². The number of nitrogens with one attached hydrogen (secondary N) is 3. The van der Waals surface area contributed by atoms with Gasteiger partial charge in [-0.2, -0.15) is 0 Å². The second-order valence-corrected chi connectivity index (χ2v) is 6.24. The van der Waals surface area contributed by atoms with Crippen LogP contribution in [-0.2, 0) is 14.3 Å². The van der Waals surface area contributed by atoms with Crippen LogP contribution in [0.2, 0.25) is 0 Å². The Bertz CT molecular complexity index is 555. The van der Waals surface area contributed by atoms with Gasteiger partial charge in [0, 0.05) is 30.0 Å². The van der Waals surface area contributed by atoms with Gasteiger partial charge in [-0.15, -0.1) is 11.8 Å². The average Bonchev–Trinajstić information content (AvgIpc) is 2.58. The van der Waals surface area contributed by atoms with E-state index in [4.69, 9.17) is 12.2 Å². The Hall–Kier alpha value is -1.87. The summed E-state index contributed by atoms with van der Waals surface area (Å²) in [6.07, 6.45) is 1.18. The van der Waals surface area contributed by atoms with E-state index in [1.165, 1.54) is 31.0 Å². The second kappa shape index (κ2) is 11.6. The number of thioether (sulfide) groups is 1. The van der Waals surface area contributed by atoms with Crippen LogP contribution in [0.4, 0.5) is 4.39 Å². The third kappa shape index (κ3) is 9.31. The fraction of sp³-hybridized carbons (Fsp3) is 0.400. The number of thiocarbonyl (C=S) groups is 1. The van der Waals surface area contributed by atoms with E-state index in [-0.39, 0.29) is 22.8 Å². The molecule has 132 valence electrons. The lowest BCUT2D eigenvalue weighted by atomic mass is 10.3. The zero-order valence-corrected chi connectivity index (χ0v) is 14.9. The smallest absolute Gasteiger partial charge is 0.305 e. The fourth-order valence-electron chi connectivity index (χ4n) is 1.56. The predicted molar refractivity (Wildman–Crippen MR) is 94.9 cm³/mol. The predicted octanol–water partition coefficient (Wildman–Crippen LogP) is 1.76. The summed E-state index contributed by atoms with van der Waals surface area (Å²) in [6, 6.07) is 6.11. The molecule has 1 aromatic carbocycles. The van der Waals surface area contributed by atoms with Crippen molar-refractivity contribution in [2.45, 2.75) is 24.2 Å². The molecule has 0 unspecified atom stereocenters. The summed E-state index contributed by atoms with van der Waals surface area (Å²) < 4.78 is 17.3. The molecule has 0 aliphatic heterocycles. The molecule has 0 spiro atoms. The highest BCUT2D eigenvalue weighted by atomic mass is 32.2. The Morgan fingerprint density at radius 2 is 1.92 bits per heavy atom. The number of methoxy groups -OCH3 is 1. The van der Waals surface area contributed by atoms with Gasteiger partial charge < -0.3 is 10.1 Å². The van der Waals surface area contributed by atoms with Gasteiger partial charge in [0.25, 0.3) is 0 Å². The van der Waals surface area contributed by atoms with Crippen molar-refractivity contribution in [3.8, 4) is 0 Å². The number of hydrogen-bond donors (Lipinski definition) is 3. The number of halogens is 1. The number of ether oxygens (including phenoxy) is 1. The largest absolute Gasteiger partial charge is 0.469 e. The van der Waals surface area contributed by atoms with Gasteiger partial charge in [0.05, 0.1) is 7.11 Å². The van der Waals surface area contributed by atoms with Gasteiger partial charge in [0.2, 0.25) is 5.91 Å². The van der Waals surface area contributed by atoms with Crippen molar-refractivity contribution < 1.29 is 18.7 Å². The molecule has 1 amide bonds. The fourth-order valence-corrected chi connectivity index (χ4v) is 2.57. The number of carbonyl (C=O) groups excluding carboxylic acids is 2. The van der Waals surface area contributed by atoms with E-state index in [9.17, 15) is 14.0 Å². The molecule has 0 heterocycles. The van der Waals surface area contributed by atoms with Crippen LogP contribution in [0.3, 0.4) is 0 Å². The summed E-state index contributed by atoms with van der Waals surface area (Å²) in [5, 5.41) is 3.14. The van der Waals surface area contributed by atoms with Crippen molar-refractivity contribution in [2.24, 2.45) is 0 Å². The highest BCUT2D eigenvalue weighted by molar-refractivity contribution is 7.99. The van der Waals surface area contributed by atoms with E-state index < -0.39 is 0 Å². The van der Waals surface area contributed by atoms with Gasteiger partial charge in [-0.1, -0.05) is 0 Å². The van der Waals surface area contributed by atoms with E-state index in [0.717, 1.165) is 4.90 Å². The van der Waals surface area contributed by atoms with Crippen LogP contribution in [0.25, 0.3) is 0 Å². The highest BCUT2D eigenvalue weighted by Crippen LogP contribution is 2.18. The molecule has 0 fully saturated rings. The van der Waals surface area contributed by atoms with Gasteiger partial charge in [0.1, 0.15) is 5.82 Å². The summed E-state index contributed by atoms with van der Waals surface area (Å²) >= 11 is 6.45. The molecule has 0 saturated carbocycles. The van der Waals surface area contributed by atoms with Crippen molar-refractivity contribution in [3.05, 3.63) is 30.1 Å². The summed E-state index contributed by atoms with van der Waals surface area (Å²) in [5.74, 6) is -0.196. The lowest BCUT2D eigenvalue weighted by molar-refractivity contribution is -0.140. The van der Waals surface area contributed by atoms with E-state index in [1.54, 1.807) is 12.1 Å². The molecule has 0 saturated heterocycles. The summed E-state index contributed by atoms with van der Waals surface area (Å²) in [4.78, 5) is 23.5. The molecular weight excluding hydrogens is 353 g/mol. The normalized spacial score (nSPS) is 9.92. The zero-order valence-electron chi connectivity index (χ0n) is 13.3. The second-order valence-electron chi connectivity index (χ2n) is 4.66. The highest BCUT2D eigenvalue weighted by Gasteiger charge is 2.04. The number of rotatable bonds is 8. The van der Waals surface area contributed by atoms with Crippen LogP contribution in [0.5, 0.6) is 0 Å². The third-order valence-corrected chi connectivity index (χ3v) is 4.06. The Morgan fingerprint density at radius 1 is 1.21 bits per heavy atom. The first-order valence-corrected chi connectivity index (χ1v) is 8.68. The summed E-state index contributed by atoms with van der Waals surface area (Å²) in [6.45, 7) is 0.497. The Morgan fingerprint density at radius 3 is 2.58 bits per heavy atom. The van der Waals surface area contributed by atoms with Crippen molar-refractivity contribution in [1.82, 2.24) is 16.2 Å². The molecule has 0 radical (unpaired) electrons. The van der Waals surface area contributed by atoms with Crippen LogP contribution in [0, 0.1) is 5.82 Å². The molecule has 0 aromatic heterocycles. The van der Waals surface area contributed by atoms with Crippen molar-refractivity contribution in [1.29, 1.82) is 0 Å². The van der Waals surface area contributed by atoms with Crippen molar-refractivity contribution >= 4 is 41.0 Å². The number of esters is 1. The van der Waals surface area contributed by atoms with Crippen LogP contribution in [-0.4, -0.2) is 36.4 Å². The molecule has 9 heteroatoms. The minimum absolute atomic E-state index is 0.205. The molecule has 1 aromatic rings. The van der Waals surface area contributed by atoms with E-state index in [0.29, 0.717) is 31.6 Å². The number of amides is 1. The monoisotopic (exact) mass is 373 g/mol. The minimum Gasteiger partial charge on any atom is -0.469 e. The Balaban J connectivity index is 2.07. The Kier molecular flexibility index (Phi) is 9.78. The van der Waals surface area contributed by atoms with Gasteiger partial charge in [-0.25, -0.2) is 4.39 Å². The molecule has 3 N–H and O–H groups in total.